The molecule has 8 nitrogen and oxygen atoms in total. The maximum Gasteiger partial charge on any atom is 0.275 e. The van der Waals surface area contributed by atoms with Gasteiger partial charge in [0, 0.05) is 17.8 Å². The number of aromatic amines is 1. The van der Waals surface area contributed by atoms with Crippen molar-refractivity contribution in [1.29, 1.82) is 0 Å². The van der Waals surface area contributed by atoms with Gasteiger partial charge in [0.15, 0.2) is 11.5 Å². The summed E-state index contributed by atoms with van der Waals surface area (Å²) in [5, 5.41) is 11.0. The van der Waals surface area contributed by atoms with Gasteiger partial charge in [-0.3, -0.25) is 9.89 Å². The summed E-state index contributed by atoms with van der Waals surface area (Å²) in [4.78, 5) is 18.6. The van der Waals surface area contributed by atoms with E-state index in [4.69, 9.17) is 9.26 Å². The first kappa shape index (κ1) is 12.5. The van der Waals surface area contributed by atoms with Crippen molar-refractivity contribution in [3.05, 3.63) is 29.2 Å². The van der Waals surface area contributed by atoms with Crippen LogP contribution in [0.4, 0.5) is 0 Å². The molecule has 110 valence electrons. The third kappa shape index (κ3) is 2.02. The van der Waals surface area contributed by atoms with Gasteiger partial charge in [-0.25, -0.2) is 0 Å². The van der Waals surface area contributed by atoms with Gasteiger partial charge in [0.25, 0.3) is 5.91 Å². The second-order valence-corrected chi connectivity index (χ2v) is 5.26. The van der Waals surface area contributed by atoms with Gasteiger partial charge in [-0.05, 0) is 19.3 Å². The summed E-state index contributed by atoms with van der Waals surface area (Å²) < 4.78 is 10.2. The topological polar surface area (TPSA) is 97.1 Å². The zero-order valence-electron chi connectivity index (χ0n) is 11.4. The molecule has 0 bridgehead atoms. The van der Waals surface area contributed by atoms with Gasteiger partial charge in [-0.15, -0.1) is 0 Å². The molecule has 1 N–H and O–H groups in total. The van der Waals surface area contributed by atoms with E-state index in [9.17, 15) is 4.79 Å². The van der Waals surface area contributed by atoms with Crippen LogP contribution in [-0.4, -0.2) is 50.9 Å². The number of carbonyl (C=O) groups is 1. The zero-order valence-corrected chi connectivity index (χ0v) is 11.4. The van der Waals surface area contributed by atoms with Gasteiger partial charge < -0.3 is 14.2 Å². The second-order valence-electron chi connectivity index (χ2n) is 5.26. The van der Waals surface area contributed by atoms with Crippen molar-refractivity contribution in [3.8, 4) is 0 Å². The lowest BCUT2D eigenvalue weighted by Gasteiger charge is -2.33. The Labute approximate surface area is 120 Å². The molecule has 2 aromatic rings. The van der Waals surface area contributed by atoms with Crippen LogP contribution in [0.15, 0.2) is 10.9 Å². The number of hydrogen-bond donors (Lipinski definition) is 1. The van der Waals surface area contributed by atoms with Crippen LogP contribution >= 0.6 is 0 Å². The highest BCUT2D eigenvalue weighted by atomic mass is 16.5. The van der Waals surface area contributed by atoms with E-state index in [2.05, 4.69) is 20.3 Å². The van der Waals surface area contributed by atoms with Crippen molar-refractivity contribution in [3.63, 3.8) is 0 Å². The first-order valence-electron chi connectivity index (χ1n) is 7.05. The van der Waals surface area contributed by atoms with Gasteiger partial charge in [0.2, 0.25) is 6.39 Å². The summed E-state index contributed by atoms with van der Waals surface area (Å²) in [5.74, 6) is 0.378. The Morgan fingerprint density at radius 3 is 3.24 bits per heavy atom. The lowest BCUT2D eigenvalue weighted by Crippen LogP contribution is -2.44. The number of H-pyrrole nitrogens is 1. The molecule has 1 aliphatic carbocycles. The van der Waals surface area contributed by atoms with E-state index in [1.54, 1.807) is 4.90 Å². The number of aryl methyl sites for hydroxylation is 1. The molecule has 0 spiro atoms. The first-order chi connectivity index (χ1) is 10.3. The number of carbonyl (C=O) groups excluding carboxylic acids is 1. The van der Waals surface area contributed by atoms with Gasteiger partial charge in [0.1, 0.15) is 6.04 Å². The molecule has 1 unspecified atom stereocenters. The van der Waals surface area contributed by atoms with E-state index in [1.165, 1.54) is 6.39 Å². The molecule has 1 aliphatic heterocycles. The summed E-state index contributed by atoms with van der Waals surface area (Å²) in [6, 6.07) is -0.321. The van der Waals surface area contributed by atoms with Crippen LogP contribution in [0.2, 0.25) is 0 Å². The molecule has 0 aromatic carbocycles. The molecule has 0 radical (unpaired) electrons. The van der Waals surface area contributed by atoms with Gasteiger partial charge in [-0.2, -0.15) is 10.1 Å². The van der Waals surface area contributed by atoms with Crippen molar-refractivity contribution in [2.75, 3.05) is 19.8 Å². The molecule has 2 aromatic heterocycles. The average molecular weight is 289 g/mol. The van der Waals surface area contributed by atoms with Crippen LogP contribution < -0.4 is 0 Å². The maximum atomic E-state index is 12.8. The summed E-state index contributed by atoms with van der Waals surface area (Å²) in [5.41, 5.74) is 2.67. The first-order valence-corrected chi connectivity index (χ1v) is 7.05. The number of fused-ring (bicyclic) bond motifs is 1. The third-order valence-corrected chi connectivity index (χ3v) is 4.07. The number of hydrogen-bond acceptors (Lipinski definition) is 6. The normalized spacial score (nSPS) is 21.5. The molecule has 1 amide bonds. The van der Waals surface area contributed by atoms with Crippen LogP contribution in [-0.2, 0) is 17.6 Å². The fourth-order valence-electron chi connectivity index (χ4n) is 3.02. The maximum absolute atomic E-state index is 12.8. The molecule has 8 heteroatoms. The van der Waals surface area contributed by atoms with Gasteiger partial charge in [0.05, 0.1) is 13.2 Å². The Bertz CT molecular complexity index is 651. The second kappa shape index (κ2) is 4.96. The Morgan fingerprint density at radius 2 is 2.38 bits per heavy atom. The number of amides is 1. The molecule has 21 heavy (non-hydrogen) atoms. The Morgan fingerprint density at radius 1 is 1.43 bits per heavy atom. The van der Waals surface area contributed by atoms with E-state index >= 15 is 0 Å². The summed E-state index contributed by atoms with van der Waals surface area (Å²) in [7, 11) is 0. The molecule has 1 saturated heterocycles. The van der Waals surface area contributed by atoms with E-state index in [0.717, 1.165) is 30.5 Å². The molecule has 2 aliphatic rings. The van der Waals surface area contributed by atoms with Crippen molar-refractivity contribution >= 4 is 5.91 Å². The van der Waals surface area contributed by atoms with E-state index < -0.39 is 0 Å². The molecular formula is C13H15N5O3. The number of nitrogens with zero attached hydrogens (tertiary/aromatic N) is 4. The predicted octanol–water partition coefficient (Wildman–Crippen LogP) is 0.495. The van der Waals surface area contributed by atoms with Crippen molar-refractivity contribution in [2.45, 2.75) is 25.3 Å². The lowest BCUT2D eigenvalue weighted by atomic mass is 10.1. The van der Waals surface area contributed by atoms with Gasteiger partial charge >= 0.3 is 0 Å². The zero-order chi connectivity index (χ0) is 14.2. The minimum Gasteiger partial charge on any atom is -0.377 e. The van der Waals surface area contributed by atoms with Crippen LogP contribution in [0.5, 0.6) is 0 Å². The molecule has 1 fully saturated rings. The predicted molar refractivity (Wildman–Crippen MR) is 69.5 cm³/mol. The smallest absolute Gasteiger partial charge is 0.275 e. The third-order valence-electron chi connectivity index (χ3n) is 4.07. The molecule has 4 rings (SSSR count). The minimum absolute atomic E-state index is 0.0903. The van der Waals surface area contributed by atoms with Gasteiger partial charge in [-0.1, -0.05) is 5.16 Å². The number of nitrogens with one attached hydrogen (secondary N) is 1. The van der Waals surface area contributed by atoms with Crippen molar-refractivity contribution in [2.24, 2.45) is 0 Å². The van der Waals surface area contributed by atoms with Crippen LogP contribution in [0.1, 0.15) is 40.0 Å². The SMILES string of the molecule is O=C(c1n[nH]c2c1CCC2)N1CCOCC1c1ncon1. The largest absolute Gasteiger partial charge is 0.377 e. The number of ether oxygens (including phenoxy) is 1. The fraction of sp³-hybridized carbons (Fsp3) is 0.538. The number of rotatable bonds is 2. The Hall–Kier alpha value is -2.22. The van der Waals surface area contributed by atoms with Crippen LogP contribution in [0.25, 0.3) is 0 Å². The lowest BCUT2D eigenvalue weighted by molar-refractivity contribution is -0.00612. The highest BCUT2D eigenvalue weighted by Crippen LogP contribution is 2.27. The highest BCUT2D eigenvalue weighted by Gasteiger charge is 2.35. The molecule has 3 heterocycles. The van der Waals surface area contributed by atoms with Crippen LogP contribution in [0, 0.1) is 0 Å². The quantitative estimate of drug-likeness (QED) is 0.864. The number of morpholine rings is 1. The van der Waals surface area contributed by atoms with E-state index in [-0.39, 0.29) is 11.9 Å². The Balaban J connectivity index is 1.65. The van der Waals surface area contributed by atoms with E-state index in [1.807, 2.05) is 0 Å². The average Bonchev–Trinajstić information content (AvgIpc) is 3.23. The Kier molecular flexibility index (Phi) is 2.95. The van der Waals surface area contributed by atoms with E-state index in [0.29, 0.717) is 31.3 Å². The standard InChI is InChI=1S/C13H15N5O3/c19-13(11-8-2-1-3-9(8)15-16-11)18-4-5-20-6-10(18)12-14-7-21-17-12/h7,10H,1-6H2,(H,15,16). The number of aromatic nitrogens is 4. The molecule has 0 saturated carbocycles. The highest BCUT2D eigenvalue weighted by molar-refractivity contribution is 5.94. The van der Waals surface area contributed by atoms with Crippen LogP contribution in [0.3, 0.4) is 0 Å². The summed E-state index contributed by atoms with van der Waals surface area (Å²) >= 11 is 0. The molecule has 1 atom stereocenters. The summed E-state index contributed by atoms with van der Waals surface area (Å²) in [6.07, 6.45) is 4.21. The van der Waals surface area contributed by atoms with Crippen molar-refractivity contribution in [1.82, 2.24) is 25.2 Å². The molecular weight excluding hydrogens is 274 g/mol. The summed E-state index contributed by atoms with van der Waals surface area (Å²) in [6.45, 7) is 1.38. The van der Waals surface area contributed by atoms with Crippen molar-refractivity contribution < 1.29 is 14.1 Å². The minimum atomic E-state index is -0.321. The monoisotopic (exact) mass is 289 g/mol. The fourth-order valence-corrected chi connectivity index (χ4v) is 3.02.